The molecule has 2 N–H and O–H groups in total. The summed E-state index contributed by atoms with van der Waals surface area (Å²) in [7, 11) is 0. The summed E-state index contributed by atoms with van der Waals surface area (Å²) in [5.41, 5.74) is 1.27. The second-order valence-electron chi connectivity index (χ2n) is 11.6. The van der Waals surface area contributed by atoms with Crippen LogP contribution in [0, 0.1) is 5.92 Å². The predicted molar refractivity (Wildman–Crippen MR) is 155 cm³/mol. The molecule has 7 nitrogen and oxygen atoms in total. The van der Waals surface area contributed by atoms with Crippen LogP contribution in [0.2, 0.25) is 0 Å². The molecule has 2 unspecified atom stereocenters. The van der Waals surface area contributed by atoms with E-state index in [-0.39, 0.29) is 17.7 Å². The van der Waals surface area contributed by atoms with Crippen molar-refractivity contribution in [2.75, 3.05) is 13.1 Å². The number of alkyl carbamates (subject to hydrolysis) is 1. The molecule has 0 bridgehead atoms. The van der Waals surface area contributed by atoms with Crippen molar-refractivity contribution < 1.29 is 19.1 Å². The third-order valence-electron chi connectivity index (χ3n) is 6.33. The average Bonchev–Trinajstić information content (AvgIpc) is 2.84. The van der Waals surface area contributed by atoms with Crippen molar-refractivity contribution in [1.82, 2.24) is 15.5 Å². The molecular weight excluding hydrogens is 478 g/mol. The Hall–Kier alpha value is -2.57. The highest BCUT2D eigenvalue weighted by molar-refractivity contribution is 5.92. The predicted octanol–water partition coefficient (Wildman–Crippen LogP) is 6.55. The van der Waals surface area contributed by atoms with E-state index in [4.69, 9.17) is 4.74 Å². The maximum Gasteiger partial charge on any atom is 0.408 e. The first-order valence-corrected chi connectivity index (χ1v) is 14.6. The SMILES string of the molecule is CCCCCNC(=O)C(c1ccc(CC)cc1)N(CCCCC)C(=O)C(CC(C)C)NC(=O)OC(C)(C)C. The fourth-order valence-corrected chi connectivity index (χ4v) is 4.33. The number of nitrogens with zero attached hydrogens (tertiary/aromatic N) is 1. The molecule has 0 radical (unpaired) electrons. The Morgan fingerprint density at radius 1 is 0.921 bits per heavy atom. The fraction of sp³-hybridized carbons (Fsp3) is 0.710. The number of amides is 3. The first-order valence-electron chi connectivity index (χ1n) is 14.6. The molecule has 0 heterocycles. The average molecular weight is 532 g/mol. The third-order valence-corrected chi connectivity index (χ3v) is 6.33. The highest BCUT2D eigenvalue weighted by atomic mass is 16.6. The number of ether oxygens (including phenoxy) is 1. The summed E-state index contributed by atoms with van der Waals surface area (Å²) in [5, 5.41) is 5.89. The van der Waals surface area contributed by atoms with Crippen LogP contribution in [0.3, 0.4) is 0 Å². The lowest BCUT2D eigenvalue weighted by atomic mass is 9.97. The van der Waals surface area contributed by atoms with Crippen molar-refractivity contribution >= 4 is 17.9 Å². The Kier molecular flexibility index (Phi) is 15.1. The van der Waals surface area contributed by atoms with Crippen molar-refractivity contribution in [3.63, 3.8) is 0 Å². The van der Waals surface area contributed by atoms with Gasteiger partial charge in [-0.05, 0) is 63.5 Å². The molecular formula is C31H53N3O4. The van der Waals surface area contributed by atoms with E-state index in [1.807, 2.05) is 38.1 Å². The molecule has 0 aliphatic rings. The molecule has 3 amide bonds. The van der Waals surface area contributed by atoms with E-state index >= 15 is 0 Å². The normalized spacial score (nSPS) is 13.1. The molecule has 216 valence electrons. The molecule has 0 saturated carbocycles. The number of rotatable bonds is 16. The van der Waals surface area contributed by atoms with Gasteiger partial charge in [0.2, 0.25) is 11.8 Å². The van der Waals surface area contributed by atoms with Gasteiger partial charge in [0.05, 0.1) is 0 Å². The fourth-order valence-electron chi connectivity index (χ4n) is 4.33. The molecule has 0 aliphatic heterocycles. The summed E-state index contributed by atoms with van der Waals surface area (Å²) in [4.78, 5) is 42.2. The zero-order valence-corrected chi connectivity index (χ0v) is 25.2. The summed E-state index contributed by atoms with van der Waals surface area (Å²) in [6.45, 7) is 16.7. The summed E-state index contributed by atoms with van der Waals surface area (Å²) >= 11 is 0. The lowest BCUT2D eigenvalue weighted by molar-refractivity contribution is -0.143. The zero-order chi connectivity index (χ0) is 28.7. The van der Waals surface area contributed by atoms with Crippen LogP contribution in [0.25, 0.3) is 0 Å². The van der Waals surface area contributed by atoms with E-state index in [1.54, 1.807) is 25.7 Å². The molecule has 0 aromatic heterocycles. The van der Waals surface area contributed by atoms with Gasteiger partial charge in [-0.15, -0.1) is 0 Å². The maximum atomic E-state index is 14.2. The van der Waals surface area contributed by atoms with Crippen LogP contribution in [0.5, 0.6) is 0 Å². The second-order valence-corrected chi connectivity index (χ2v) is 11.6. The van der Waals surface area contributed by atoms with Crippen LogP contribution in [0.1, 0.15) is 118 Å². The largest absolute Gasteiger partial charge is 0.444 e. The molecule has 1 rings (SSSR count). The molecule has 1 aromatic rings. The minimum Gasteiger partial charge on any atom is -0.444 e. The number of hydrogen-bond donors (Lipinski definition) is 2. The molecule has 0 spiro atoms. The molecule has 2 atom stereocenters. The number of hydrogen-bond acceptors (Lipinski definition) is 4. The third kappa shape index (κ3) is 12.3. The van der Waals surface area contributed by atoms with Gasteiger partial charge < -0.3 is 20.3 Å². The van der Waals surface area contributed by atoms with Gasteiger partial charge in [0, 0.05) is 13.1 Å². The second kappa shape index (κ2) is 17.1. The Labute approximate surface area is 231 Å². The van der Waals surface area contributed by atoms with Gasteiger partial charge in [0.15, 0.2) is 0 Å². The lowest BCUT2D eigenvalue weighted by Gasteiger charge is -2.35. The van der Waals surface area contributed by atoms with Crippen molar-refractivity contribution in [2.24, 2.45) is 5.92 Å². The molecule has 0 saturated heterocycles. The first-order chi connectivity index (χ1) is 17.9. The summed E-state index contributed by atoms with van der Waals surface area (Å²) in [5.74, 6) is -0.286. The van der Waals surface area contributed by atoms with Gasteiger partial charge in [-0.25, -0.2) is 4.79 Å². The standard InChI is InChI=1S/C31H53N3O4/c1-9-12-14-20-32-28(35)27(25-18-16-24(11-3)17-19-25)34(21-15-13-10-2)29(36)26(22-23(4)5)33-30(37)38-31(6,7)8/h16-19,23,26-27H,9-15,20-22H2,1-8H3,(H,32,35)(H,33,37). The first kappa shape index (κ1) is 33.5. The zero-order valence-electron chi connectivity index (χ0n) is 25.2. The van der Waals surface area contributed by atoms with Gasteiger partial charge in [-0.1, -0.05) is 84.6 Å². The summed E-state index contributed by atoms with van der Waals surface area (Å²) in [6.07, 6.45) is 6.41. The lowest BCUT2D eigenvalue weighted by Crippen LogP contribution is -2.53. The number of benzene rings is 1. The van der Waals surface area contributed by atoms with Crippen LogP contribution >= 0.6 is 0 Å². The van der Waals surface area contributed by atoms with Crippen LogP contribution < -0.4 is 10.6 Å². The van der Waals surface area contributed by atoms with Gasteiger partial charge >= 0.3 is 6.09 Å². The number of aryl methyl sites for hydroxylation is 1. The van der Waals surface area contributed by atoms with Crippen molar-refractivity contribution in [2.45, 2.75) is 124 Å². The smallest absolute Gasteiger partial charge is 0.408 e. The molecule has 1 aromatic carbocycles. The topological polar surface area (TPSA) is 87.7 Å². The van der Waals surface area contributed by atoms with Crippen LogP contribution in [0.4, 0.5) is 4.79 Å². The molecule has 38 heavy (non-hydrogen) atoms. The van der Waals surface area contributed by atoms with Crippen molar-refractivity contribution in [1.29, 1.82) is 0 Å². The van der Waals surface area contributed by atoms with Crippen molar-refractivity contribution in [3.05, 3.63) is 35.4 Å². The highest BCUT2D eigenvalue weighted by Crippen LogP contribution is 2.25. The van der Waals surface area contributed by atoms with Crippen LogP contribution in [-0.2, 0) is 20.7 Å². The Bertz CT molecular complexity index is 846. The highest BCUT2D eigenvalue weighted by Gasteiger charge is 2.36. The Morgan fingerprint density at radius 2 is 1.53 bits per heavy atom. The minimum absolute atomic E-state index is 0.154. The number of carbonyl (C=O) groups is 3. The Morgan fingerprint density at radius 3 is 2.05 bits per heavy atom. The van der Waals surface area contributed by atoms with E-state index in [2.05, 4.69) is 31.4 Å². The van der Waals surface area contributed by atoms with Gasteiger partial charge in [-0.3, -0.25) is 9.59 Å². The Balaban J connectivity index is 3.43. The van der Waals surface area contributed by atoms with Gasteiger partial charge in [-0.2, -0.15) is 0 Å². The van der Waals surface area contributed by atoms with E-state index < -0.39 is 23.8 Å². The van der Waals surface area contributed by atoms with E-state index in [0.717, 1.165) is 50.5 Å². The molecule has 0 aliphatic carbocycles. The number of nitrogens with one attached hydrogen (secondary N) is 2. The van der Waals surface area contributed by atoms with Crippen LogP contribution in [-0.4, -0.2) is 47.5 Å². The summed E-state index contributed by atoms with van der Waals surface area (Å²) in [6, 6.07) is 6.37. The van der Waals surface area contributed by atoms with E-state index in [0.29, 0.717) is 19.5 Å². The molecule has 7 heteroatoms. The molecule has 0 fully saturated rings. The van der Waals surface area contributed by atoms with Gasteiger partial charge in [0.1, 0.15) is 17.7 Å². The monoisotopic (exact) mass is 531 g/mol. The van der Waals surface area contributed by atoms with Crippen molar-refractivity contribution in [3.8, 4) is 0 Å². The van der Waals surface area contributed by atoms with E-state index in [9.17, 15) is 14.4 Å². The quantitative estimate of drug-likeness (QED) is 0.237. The minimum atomic E-state index is -0.795. The van der Waals surface area contributed by atoms with E-state index in [1.165, 1.54) is 5.56 Å². The number of unbranched alkanes of at least 4 members (excludes halogenated alkanes) is 4. The number of carbonyl (C=O) groups excluding carboxylic acids is 3. The maximum absolute atomic E-state index is 14.2. The van der Waals surface area contributed by atoms with Gasteiger partial charge in [0.25, 0.3) is 0 Å². The summed E-state index contributed by atoms with van der Waals surface area (Å²) < 4.78 is 5.47. The van der Waals surface area contributed by atoms with Crippen LogP contribution in [0.15, 0.2) is 24.3 Å².